The van der Waals surface area contributed by atoms with Crippen molar-refractivity contribution in [2.24, 2.45) is 0 Å². The van der Waals surface area contributed by atoms with Crippen molar-refractivity contribution in [1.29, 1.82) is 0 Å². The minimum atomic E-state index is 0.112. The second-order valence-electron chi connectivity index (χ2n) is 6.69. The number of hydrogen-bond donors (Lipinski definition) is 1. The molecule has 0 spiro atoms. The van der Waals surface area contributed by atoms with Gasteiger partial charge in [0.15, 0.2) is 10.1 Å². The maximum atomic E-state index is 12.4. The largest absolute Gasteiger partial charge is 0.330 e. The Hall–Kier alpha value is -2.18. The average Bonchev–Trinajstić information content (AvgIpc) is 3.19. The Kier molecular flexibility index (Phi) is 7.23. The SMILES string of the molecule is CCc1ccc(Nc2nnc(SCC(=O)c3ccc([C@@H](C)CC)cc3)s2)cc1. The van der Waals surface area contributed by atoms with E-state index in [9.17, 15) is 4.79 Å². The molecule has 0 bridgehead atoms. The molecule has 0 saturated carbocycles. The predicted octanol–water partition coefficient (Wildman–Crippen LogP) is 6.33. The van der Waals surface area contributed by atoms with Gasteiger partial charge in [0.25, 0.3) is 0 Å². The molecule has 0 fully saturated rings. The normalized spacial score (nSPS) is 12.0. The number of rotatable bonds is 9. The van der Waals surface area contributed by atoms with E-state index in [1.807, 2.05) is 24.3 Å². The van der Waals surface area contributed by atoms with Gasteiger partial charge >= 0.3 is 0 Å². The van der Waals surface area contributed by atoms with Crippen LogP contribution in [0, 0.1) is 0 Å². The Morgan fingerprint density at radius 2 is 1.79 bits per heavy atom. The molecular formula is C22H25N3OS2. The molecule has 0 unspecified atom stereocenters. The standard InChI is InChI=1S/C22H25N3OS2/c1-4-15(3)17-8-10-18(11-9-17)20(26)14-27-22-25-24-21(28-22)23-19-12-6-16(5-2)7-13-19/h6-13,15H,4-5,14H2,1-3H3,(H,23,24)/t15-/m0/s1. The second-order valence-corrected chi connectivity index (χ2v) is 8.89. The number of carbonyl (C=O) groups excluding carboxylic acids is 1. The first-order chi connectivity index (χ1) is 13.6. The number of carbonyl (C=O) groups is 1. The van der Waals surface area contributed by atoms with Gasteiger partial charge in [-0.3, -0.25) is 4.79 Å². The van der Waals surface area contributed by atoms with Crippen molar-refractivity contribution in [2.75, 3.05) is 11.1 Å². The zero-order valence-corrected chi connectivity index (χ0v) is 18.1. The Morgan fingerprint density at radius 3 is 2.43 bits per heavy atom. The average molecular weight is 412 g/mol. The van der Waals surface area contributed by atoms with E-state index in [-0.39, 0.29) is 5.78 Å². The molecule has 6 heteroatoms. The number of thioether (sulfide) groups is 1. The first-order valence-electron chi connectivity index (χ1n) is 9.54. The summed E-state index contributed by atoms with van der Waals surface area (Å²) in [6.07, 6.45) is 2.12. The molecule has 3 aromatic rings. The van der Waals surface area contributed by atoms with Crippen molar-refractivity contribution in [1.82, 2.24) is 10.2 Å². The molecule has 146 valence electrons. The van der Waals surface area contributed by atoms with Crippen LogP contribution in [-0.4, -0.2) is 21.7 Å². The molecule has 1 heterocycles. The van der Waals surface area contributed by atoms with Crippen molar-refractivity contribution in [3.05, 3.63) is 65.2 Å². The molecule has 0 aliphatic rings. The van der Waals surface area contributed by atoms with Gasteiger partial charge < -0.3 is 5.32 Å². The Morgan fingerprint density at radius 1 is 1.07 bits per heavy atom. The van der Waals surface area contributed by atoms with Crippen LogP contribution < -0.4 is 5.32 Å². The third-order valence-corrected chi connectivity index (χ3v) is 6.73. The molecule has 1 atom stereocenters. The number of Topliss-reactive ketones (excluding diaryl/α,β-unsaturated/α-hetero) is 1. The number of nitrogens with zero attached hydrogens (tertiary/aromatic N) is 2. The van der Waals surface area contributed by atoms with Crippen molar-refractivity contribution in [3.63, 3.8) is 0 Å². The van der Waals surface area contributed by atoms with E-state index in [4.69, 9.17) is 0 Å². The van der Waals surface area contributed by atoms with Crippen molar-refractivity contribution < 1.29 is 4.79 Å². The van der Waals surface area contributed by atoms with Crippen LogP contribution in [-0.2, 0) is 6.42 Å². The number of hydrogen-bond acceptors (Lipinski definition) is 6. The number of benzene rings is 2. The van der Waals surface area contributed by atoms with Gasteiger partial charge in [0, 0.05) is 11.3 Å². The van der Waals surface area contributed by atoms with Crippen molar-refractivity contribution in [3.8, 4) is 0 Å². The summed E-state index contributed by atoms with van der Waals surface area (Å²) in [7, 11) is 0. The van der Waals surface area contributed by atoms with Gasteiger partial charge in [0.05, 0.1) is 5.75 Å². The number of anilines is 2. The van der Waals surface area contributed by atoms with Gasteiger partial charge in [0.1, 0.15) is 0 Å². The zero-order valence-electron chi connectivity index (χ0n) is 16.4. The monoisotopic (exact) mass is 411 g/mol. The van der Waals surface area contributed by atoms with E-state index in [0.29, 0.717) is 11.7 Å². The topological polar surface area (TPSA) is 54.9 Å². The quantitative estimate of drug-likeness (QED) is 0.329. The van der Waals surface area contributed by atoms with E-state index in [0.717, 1.165) is 33.6 Å². The minimum Gasteiger partial charge on any atom is -0.330 e. The summed E-state index contributed by atoms with van der Waals surface area (Å²) in [6, 6.07) is 16.3. The number of aromatic nitrogens is 2. The highest BCUT2D eigenvalue weighted by Gasteiger charge is 2.11. The van der Waals surface area contributed by atoms with Gasteiger partial charge in [-0.05, 0) is 42.0 Å². The molecule has 2 aromatic carbocycles. The summed E-state index contributed by atoms with van der Waals surface area (Å²) in [5.74, 6) is 0.993. The summed E-state index contributed by atoms with van der Waals surface area (Å²) in [5.41, 5.74) is 4.31. The Bertz CT molecular complexity index is 904. The second kappa shape index (κ2) is 9.85. The maximum absolute atomic E-state index is 12.4. The molecule has 0 aliphatic carbocycles. The van der Waals surface area contributed by atoms with Crippen LogP contribution in [0.3, 0.4) is 0 Å². The predicted molar refractivity (Wildman–Crippen MR) is 119 cm³/mol. The molecule has 0 saturated heterocycles. The fraction of sp³-hybridized carbons (Fsp3) is 0.318. The summed E-state index contributed by atoms with van der Waals surface area (Å²) >= 11 is 2.89. The first-order valence-corrected chi connectivity index (χ1v) is 11.3. The first kappa shape index (κ1) is 20.6. The molecule has 0 aliphatic heterocycles. The molecule has 1 N–H and O–H groups in total. The lowest BCUT2D eigenvalue weighted by molar-refractivity contribution is 0.102. The van der Waals surface area contributed by atoms with Crippen molar-refractivity contribution in [2.45, 2.75) is 43.9 Å². The summed E-state index contributed by atoms with van der Waals surface area (Å²) < 4.78 is 0.789. The van der Waals surface area contributed by atoms with Crippen LogP contribution >= 0.6 is 23.1 Å². The van der Waals surface area contributed by atoms with Gasteiger partial charge in [-0.25, -0.2) is 0 Å². The summed E-state index contributed by atoms with van der Waals surface area (Å²) in [4.78, 5) is 12.4. The molecule has 3 rings (SSSR count). The Labute approximate surface area is 174 Å². The van der Waals surface area contributed by atoms with E-state index < -0.39 is 0 Å². The summed E-state index contributed by atoms with van der Waals surface area (Å²) in [6.45, 7) is 6.51. The Balaban J connectivity index is 1.54. The molecule has 4 nitrogen and oxygen atoms in total. The maximum Gasteiger partial charge on any atom is 0.210 e. The van der Waals surface area contributed by atoms with E-state index in [2.05, 4.69) is 60.6 Å². The van der Waals surface area contributed by atoms with Crippen LogP contribution in [0.2, 0.25) is 0 Å². The van der Waals surface area contributed by atoms with E-state index in [1.165, 1.54) is 34.2 Å². The van der Waals surface area contributed by atoms with Gasteiger partial charge in [-0.1, -0.05) is 80.3 Å². The lowest BCUT2D eigenvalue weighted by Gasteiger charge is -2.09. The van der Waals surface area contributed by atoms with Crippen LogP contribution in [0.1, 0.15) is 54.6 Å². The third kappa shape index (κ3) is 5.42. The highest BCUT2D eigenvalue weighted by Crippen LogP contribution is 2.28. The lowest BCUT2D eigenvalue weighted by atomic mass is 9.97. The van der Waals surface area contributed by atoms with Crippen LogP contribution in [0.15, 0.2) is 52.9 Å². The van der Waals surface area contributed by atoms with Crippen molar-refractivity contribution >= 4 is 39.7 Å². The number of ketones is 1. The van der Waals surface area contributed by atoms with E-state index in [1.54, 1.807) is 0 Å². The molecule has 0 amide bonds. The van der Waals surface area contributed by atoms with Crippen LogP contribution in [0.25, 0.3) is 0 Å². The minimum absolute atomic E-state index is 0.112. The highest BCUT2D eigenvalue weighted by molar-refractivity contribution is 8.01. The zero-order chi connectivity index (χ0) is 19.9. The molecule has 28 heavy (non-hydrogen) atoms. The van der Waals surface area contributed by atoms with E-state index >= 15 is 0 Å². The molecule has 1 aromatic heterocycles. The number of nitrogens with one attached hydrogen (secondary N) is 1. The number of aryl methyl sites for hydroxylation is 1. The molecular weight excluding hydrogens is 386 g/mol. The van der Waals surface area contributed by atoms with Crippen LogP contribution in [0.5, 0.6) is 0 Å². The van der Waals surface area contributed by atoms with Gasteiger partial charge in [-0.2, -0.15) is 0 Å². The smallest absolute Gasteiger partial charge is 0.210 e. The molecule has 0 radical (unpaired) electrons. The summed E-state index contributed by atoms with van der Waals surface area (Å²) in [5, 5.41) is 12.3. The fourth-order valence-corrected chi connectivity index (χ4v) is 4.38. The van der Waals surface area contributed by atoms with Gasteiger partial charge in [-0.15, -0.1) is 10.2 Å². The lowest BCUT2D eigenvalue weighted by Crippen LogP contribution is -2.02. The van der Waals surface area contributed by atoms with Gasteiger partial charge in [0.2, 0.25) is 5.13 Å². The van der Waals surface area contributed by atoms with Crippen LogP contribution in [0.4, 0.5) is 10.8 Å². The third-order valence-electron chi connectivity index (χ3n) is 4.76. The fourth-order valence-electron chi connectivity index (χ4n) is 2.71. The highest BCUT2D eigenvalue weighted by atomic mass is 32.2.